The summed E-state index contributed by atoms with van der Waals surface area (Å²) in [5, 5.41) is 4.46. The maximum atomic E-state index is 12.5. The Morgan fingerprint density at radius 3 is 2.83 bits per heavy atom. The molecule has 23 heavy (non-hydrogen) atoms. The molecule has 1 aliphatic heterocycles. The van der Waals surface area contributed by atoms with Crippen molar-refractivity contribution in [1.82, 2.24) is 10.2 Å². The van der Waals surface area contributed by atoms with Crippen LogP contribution in [0.2, 0.25) is 0 Å². The molecule has 1 aromatic rings. The third-order valence-electron chi connectivity index (χ3n) is 3.62. The van der Waals surface area contributed by atoms with Crippen LogP contribution in [0.5, 0.6) is 5.75 Å². The van der Waals surface area contributed by atoms with Crippen molar-refractivity contribution in [3.05, 3.63) is 16.3 Å². The van der Waals surface area contributed by atoms with Gasteiger partial charge in [-0.1, -0.05) is 13.8 Å². The number of alkyl halides is 2. The first-order chi connectivity index (χ1) is 10.9. The first-order valence-electron chi connectivity index (χ1n) is 7.50. The molecule has 2 heterocycles. The number of rotatable bonds is 5. The molecule has 0 radical (unpaired) electrons. The van der Waals surface area contributed by atoms with E-state index in [1.54, 1.807) is 24.1 Å². The van der Waals surface area contributed by atoms with Crippen LogP contribution in [0.3, 0.4) is 0 Å². The topological polar surface area (TPSA) is 58.6 Å². The number of thiophene rings is 1. The van der Waals surface area contributed by atoms with Crippen molar-refractivity contribution in [3.63, 3.8) is 0 Å². The quantitative estimate of drug-likeness (QED) is 0.892. The third kappa shape index (κ3) is 4.63. The van der Waals surface area contributed by atoms with Gasteiger partial charge in [-0.15, -0.1) is 11.3 Å². The summed E-state index contributed by atoms with van der Waals surface area (Å²) in [4.78, 5) is 26.1. The predicted octanol–water partition coefficient (Wildman–Crippen LogP) is 2.73. The van der Waals surface area contributed by atoms with Crippen molar-refractivity contribution in [1.29, 1.82) is 0 Å². The van der Waals surface area contributed by atoms with Gasteiger partial charge < -0.3 is 15.0 Å². The Morgan fingerprint density at radius 2 is 2.17 bits per heavy atom. The van der Waals surface area contributed by atoms with Crippen LogP contribution < -0.4 is 10.1 Å². The number of amides is 2. The minimum absolute atomic E-state index is 0.0536. The van der Waals surface area contributed by atoms with Gasteiger partial charge in [-0.3, -0.25) is 9.59 Å². The van der Waals surface area contributed by atoms with Gasteiger partial charge in [0.2, 0.25) is 5.91 Å². The van der Waals surface area contributed by atoms with Gasteiger partial charge in [0.05, 0.1) is 0 Å². The fraction of sp³-hybridized carbons (Fsp3) is 0.600. The van der Waals surface area contributed by atoms with Crippen molar-refractivity contribution in [2.45, 2.75) is 39.3 Å². The lowest BCUT2D eigenvalue weighted by Crippen LogP contribution is -2.50. The second-order valence-corrected chi connectivity index (χ2v) is 6.66. The number of nitrogens with zero attached hydrogens (tertiary/aromatic N) is 1. The van der Waals surface area contributed by atoms with Crippen LogP contribution in [0, 0.1) is 5.92 Å². The molecule has 1 saturated heterocycles. The molecule has 0 unspecified atom stereocenters. The zero-order valence-electron chi connectivity index (χ0n) is 13.1. The van der Waals surface area contributed by atoms with Gasteiger partial charge in [0, 0.05) is 25.0 Å². The molecule has 1 aliphatic rings. The predicted molar refractivity (Wildman–Crippen MR) is 82.9 cm³/mol. The van der Waals surface area contributed by atoms with Crippen LogP contribution in [-0.4, -0.2) is 42.5 Å². The van der Waals surface area contributed by atoms with E-state index in [0.29, 0.717) is 13.1 Å². The molecule has 2 rings (SSSR count). The molecule has 128 valence electrons. The highest BCUT2D eigenvalue weighted by atomic mass is 32.1. The van der Waals surface area contributed by atoms with Gasteiger partial charge >= 0.3 is 6.61 Å². The number of likely N-dealkylation sites (tertiary alicyclic amines) is 1. The van der Waals surface area contributed by atoms with Crippen molar-refractivity contribution >= 4 is 23.2 Å². The SMILES string of the molecule is CC(C)C(=O)N[C@@H]1CCCN(C(=O)c2sccc2OC(F)F)C1. The van der Waals surface area contributed by atoms with E-state index in [9.17, 15) is 18.4 Å². The zero-order valence-corrected chi connectivity index (χ0v) is 13.9. The van der Waals surface area contributed by atoms with Crippen LogP contribution in [-0.2, 0) is 4.79 Å². The van der Waals surface area contributed by atoms with E-state index in [4.69, 9.17) is 0 Å². The largest absolute Gasteiger partial charge is 0.433 e. The number of hydrogen-bond acceptors (Lipinski definition) is 4. The molecule has 1 atom stereocenters. The number of piperidine rings is 1. The Labute approximate surface area is 137 Å². The minimum atomic E-state index is -2.96. The minimum Gasteiger partial charge on any atom is -0.433 e. The van der Waals surface area contributed by atoms with Crippen molar-refractivity contribution in [2.24, 2.45) is 5.92 Å². The highest BCUT2D eigenvalue weighted by Gasteiger charge is 2.28. The molecule has 0 saturated carbocycles. The first-order valence-corrected chi connectivity index (χ1v) is 8.38. The Morgan fingerprint density at radius 1 is 1.43 bits per heavy atom. The molecule has 0 aromatic carbocycles. The number of hydrogen-bond donors (Lipinski definition) is 1. The summed E-state index contributed by atoms with van der Waals surface area (Å²) in [5.41, 5.74) is 0. The normalized spacial score (nSPS) is 18.3. The summed E-state index contributed by atoms with van der Waals surface area (Å²) in [7, 11) is 0. The lowest BCUT2D eigenvalue weighted by Gasteiger charge is -2.33. The number of carbonyl (C=O) groups excluding carboxylic acids is 2. The van der Waals surface area contributed by atoms with Crippen LogP contribution in [0.4, 0.5) is 8.78 Å². The second kappa shape index (κ2) is 7.72. The maximum absolute atomic E-state index is 12.5. The van der Waals surface area contributed by atoms with E-state index in [2.05, 4.69) is 10.1 Å². The van der Waals surface area contributed by atoms with E-state index in [1.807, 2.05) is 0 Å². The van der Waals surface area contributed by atoms with Crippen molar-refractivity contribution in [2.75, 3.05) is 13.1 Å². The lowest BCUT2D eigenvalue weighted by atomic mass is 10.0. The van der Waals surface area contributed by atoms with Crippen LogP contribution >= 0.6 is 11.3 Å². The number of ether oxygens (including phenoxy) is 1. The first kappa shape index (κ1) is 17.7. The third-order valence-corrected chi connectivity index (χ3v) is 4.50. The van der Waals surface area contributed by atoms with E-state index >= 15 is 0 Å². The smallest absolute Gasteiger partial charge is 0.387 e. The summed E-state index contributed by atoms with van der Waals surface area (Å²) in [6.07, 6.45) is 1.55. The Hall–Kier alpha value is -1.70. The van der Waals surface area contributed by atoms with Crippen molar-refractivity contribution < 1.29 is 23.1 Å². The standard InChI is InChI=1S/C15H20F2N2O3S/c1-9(2)13(20)18-10-4-3-6-19(8-10)14(21)12-11(5-7-23-12)22-15(16)17/h5,7,9-10,15H,3-4,6,8H2,1-2H3,(H,18,20)/t10-/m1/s1. The summed E-state index contributed by atoms with van der Waals surface area (Å²) in [5.74, 6) is -0.603. The maximum Gasteiger partial charge on any atom is 0.387 e. The Kier molecular flexibility index (Phi) is 5.92. The molecule has 2 amide bonds. The van der Waals surface area contributed by atoms with Crippen LogP contribution in [0.15, 0.2) is 11.4 Å². The molecule has 8 heteroatoms. The number of halogens is 2. The monoisotopic (exact) mass is 346 g/mol. The van der Waals surface area contributed by atoms with E-state index in [1.165, 1.54) is 6.07 Å². The summed E-state index contributed by atoms with van der Waals surface area (Å²) in [6.45, 7) is 1.57. The Bertz CT molecular complexity index is 563. The average molecular weight is 346 g/mol. The van der Waals surface area contributed by atoms with Crippen molar-refractivity contribution in [3.8, 4) is 5.75 Å². The molecule has 1 N–H and O–H groups in total. The van der Waals surface area contributed by atoms with Gasteiger partial charge in [-0.25, -0.2) is 0 Å². The highest BCUT2D eigenvalue weighted by molar-refractivity contribution is 7.12. The van der Waals surface area contributed by atoms with Gasteiger partial charge in [-0.2, -0.15) is 8.78 Å². The summed E-state index contributed by atoms with van der Waals surface area (Å²) >= 11 is 1.08. The number of nitrogens with one attached hydrogen (secondary N) is 1. The van der Waals surface area contributed by atoms with Gasteiger partial charge in [0.1, 0.15) is 10.6 Å². The van der Waals surface area contributed by atoms with Gasteiger partial charge in [0.15, 0.2) is 0 Å². The van der Waals surface area contributed by atoms with E-state index in [0.717, 1.165) is 24.2 Å². The molecule has 0 spiro atoms. The molecule has 0 aliphatic carbocycles. The lowest BCUT2D eigenvalue weighted by molar-refractivity contribution is -0.125. The highest BCUT2D eigenvalue weighted by Crippen LogP contribution is 2.28. The average Bonchev–Trinajstić information content (AvgIpc) is 2.93. The van der Waals surface area contributed by atoms with Crippen LogP contribution in [0.1, 0.15) is 36.4 Å². The molecular formula is C15H20F2N2O3S. The fourth-order valence-electron chi connectivity index (χ4n) is 2.43. The molecule has 1 aromatic heterocycles. The summed E-state index contributed by atoms with van der Waals surface area (Å²) < 4.78 is 29.1. The second-order valence-electron chi connectivity index (χ2n) is 5.75. The van der Waals surface area contributed by atoms with E-state index in [-0.39, 0.29) is 34.4 Å². The van der Waals surface area contributed by atoms with Gasteiger partial charge in [-0.05, 0) is 24.3 Å². The van der Waals surface area contributed by atoms with E-state index < -0.39 is 6.61 Å². The molecule has 5 nitrogen and oxygen atoms in total. The molecule has 1 fully saturated rings. The van der Waals surface area contributed by atoms with Crippen LogP contribution in [0.25, 0.3) is 0 Å². The Balaban J connectivity index is 2.02. The number of carbonyl (C=O) groups is 2. The fourth-order valence-corrected chi connectivity index (χ4v) is 3.22. The summed E-state index contributed by atoms with van der Waals surface area (Å²) in [6, 6.07) is 1.26. The molecular weight excluding hydrogens is 326 g/mol. The molecule has 0 bridgehead atoms. The van der Waals surface area contributed by atoms with Gasteiger partial charge in [0.25, 0.3) is 5.91 Å². The zero-order chi connectivity index (χ0) is 17.0.